The van der Waals surface area contributed by atoms with E-state index < -0.39 is 0 Å². The molecule has 160 valence electrons. The molecule has 0 unspecified atom stereocenters. The van der Waals surface area contributed by atoms with Crippen molar-refractivity contribution >= 4 is 0 Å². The Morgan fingerprint density at radius 3 is 1.66 bits per heavy atom. The maximum absolute atomic E-state index is 2.48. The molecule has 4 aromatic rings. The molecule has 0 radical (unpaired) electrons. The zero-order chi connectivity index (χ0) is 22.3. The standard InChI is InChI=1S/C32H32/c1-31(2)19-20-32(3,4)30-22-26(16-18-29(30)31)28-21-25(23-11-7-5-8-12-23)15-17-27(28)24-13-9-6-10-14-24/h5-18,21-22H,19-20H2,1-4H3. The van der Waals surface area contributed by atoms with Crippen LogP contribution in [0.4, 0.5) is 0 Å². The monoisotopic (exact) mass is 416 g/mol. The minimum absolute atomic E-state index is 0.199. The van der Waals surface area contributed by atoms with E-state index in [1.807, 2.05) is 0 Å². The third-order valence-electron chi connectivity index (χ3n) is 7.38. The number of rotatable bonds is 3. The topological polar surface area (TPSA) is 0 Å². The maximum Gasteiger partial charge on any atom is -0.00991 e. The molecular formula is C32H32. The minimum Gasteiger partial charge on any atom is -0.0622 e. The van der Waals surface area contributed by atoms with E-state index in [-0.39, 0.29) is 10.8 Å². The summed E-state index contributed by atoms with van der Waals surface area (Å²) in [7, 11) is 0. The van der Waals surface area contributed by atoms with Crippen LogP contribution in [0.3, 0.4) is 0 Å². The third kappa shape index (κ3) is 3.69. The van der Waals surface area contributed by atoms with Crippen LogP contribution in [0.1, 0.15) is 51.7 Å². The molecule has 1 aliphatic rings. The summed E-state index contributed by atoms with van der Waals surface area (Å²) < 4.78 is 0. The average molecular weight is 417 g/mol. The summed E-state index contributed by atoms with van der Waals surface area (Å²) in [5.74, 6) is 0. The zero-order valence-corrected chi connectivity index (χ0v) is 19.7. The number of hydrogen-bond acceptors (Lipinski definition) is 0. The molecule has 0 bridgehead atoms. The minimum atomic E-state index is 0.199. The Balaban J connectivity index is 1.73. The van der Waals surface area contributed by atoms with Gasteiger partial charge in [-0.2, -0.15) is 0 Å². The second-order valence-electron chi connectivity index (χ2n) is 10.5. The molecule has 0 saturated carbocycles. The second kappa shape index (κ2) is 7.78. The summed E-state index contributed by atoms with van der Waals surface area (Å²) in [6.07, 6.45) is 2.47. The summed E-state index contributed by atoms with van der Waals surface area (Å²) in [5.41, 5.74) is 11.1. The van der Waals surface area contributed by atoms with Crippen LogP contribution in [-0.2, 0) is 10.8 Å². The van der Waals surface area contributed by atoms with Crippen molar-refractivity contribution in [3.05, 3.63) is 108 Å². The molecule has 0 amide bonds. The fourth-order valence-electron chi connectivity index (χ4n) is 5.22. The second-order valence-corrected chi connectivity index (χ2v) is 10.5. The van der Waals surface area contributed by atoms with Crippen molar-refractivity contribution in [2.75, 3.05) is 0 Å². The highest BCUT2D eigenvalue weighted by Gasteiger charge is 2.37. The van der Waals surface area contributed by atoms with Crippen LogP contribution in [0.25, 0.3) is 33.4 Å². The van der Waals surface area contributed by atoms with Gasteiger partial charge in [-0.15, -0.1) is 0 Å². The van der Waals surface area contributed by atoms with Gasteiger partial charge in [0, 0.05) is 0 Å². The van der Waals surface area contributed by atoms with Crippen molar-refractivity contribution < 1.29 is 0 Å². The van der Waals surface area contributed by atoms with E-state index in [9.17, 15) is 0 Å². The van der Waals surface area contributed by atoms with Gasteiger partial charge in [0.25, 0.3) is 0 Å². The number of benzene rings is 4. The van der Waals surface area contributed by atoms with E-state index >= 15 is 0 Å². The average Bonchev–Trinajstić information content (AvgIpc) is 2.83. The number of hydrogen-bond donors (Lipinski definition) is 0. The molecule has 32 heavy (non-hydrogen) atoms. The summed E-state index contributed by atoms with van der Waals surface area (Å²) in [4.78, 5) is 0. The van der Waals surface area contributed by atoms with Crippen LogP contribution in [0.2, 0.25) is 0 Å². The summed E-state index contributed by atoms with van der Waals surface area (Å²) in [6, 6.07) is 35.6. The van der Waals surface area contributed by atoms with E-state index in [0.29, 0.717) is 0 Å². The van der Waals surface area contributed by atoms with Crippen LogP contribution in [0.5, 0.6) is 0 Å². The number of fused-ring (bicyclic) bond motifs is 1. The predicted octanol–water partition coefficient (Wildman–Crippen LogP) is 9.04. The quantitative estimate of drug-likeness (QED) is 0.312. The molecule has 0 aromatic heterocycles. The lowest BCUT2D eigenvalue weighted by atomic mass is 9.63. The van der Waals surface area contributed by atoms with Gasteiger partial charge in [0.2, 0.25) is 0 Å². The van der Waals surface area contributed by atoms with Gasteiger partial charge in [0.05, 0.1) is 0 Å². The fraction of sp³-hybridized carbons (Fsp3) is 0.250. The van der Waals surface area contributed by atoms with Crippen LogP contribution < -0.4 is 0 Å². The Morgan fingerprint density at radius 1 is 0.438 bits per heavy atom. The van der Waals surface area contributed by atoms with Gasteiger partial charge < -0.3 is 0 Å². The Labute approximate surface area is 193 Å². The molecule has 0 aliphatic heterocycles. The molecule has 0 saturated heterocycles. The van der Waals surface area contributed by atoms with E-state index in [0.717, 1.165) is 0 Å². The van der Waals surface area contributed by atoms with E-state index in [1.54, 1.807) is 0 Å². The largest absolute Gasteiger partial charge is 0.0622 e. The Bertz CT molecular complexity index is 1240. The highest BCUT2D eigenvalue weighted by atomic mass is 14.4. The normalized spacial score (nSPS) is 16.4. The van der Waals surface area contributed by atoms with Crippen molar-refractivity contribution in [1.29, 1.82) is 0 Å². The highest BCUT2D eigenvalue weighted by molar-refractivity contribution is 5.87. The van der Waals surface area contributed by atoms with Crippen LogP contribution >= 0.6 is 0 Å². The molecule has 0 fully saturated rings. The first kappa shape index (κ1) is 20.8. The van der Waals surface area contributed by atoms with Gasteiger partial charge in [-0.05, 0) is 74.2 Å². The summed E-state index contributed by atoms with van der Waals surface area (Å²) >= 11 is 0. The van der Waals surface area contributed by atoms with Crippen molar-refractivity contribution in [1.82, 2.24) is 0 Å². The molecule has 5 rings (SSSR count). The van der Waals surface area contributed by atoms with E-state index in [4.69, 9.17) is 0 Å². The van der Waals surface area contributed by atoms with Gasteiger partial charge in [0.15, 0.2) is 0 Å². The van der Waals surface area contributed by atoms with Gasteiger partial charge in [-0.3, -0.25) is 0 Å². The predicted molar refractivity (Wildman–Crippen MR) is 138 cm³/mol. The molecule has 0 N–H and O–H groups in total. The molecule has 0 atom stereocenters. The zero-order valence-electron chi connectivity index (χ0n) is 19.7. The van der Waals surface area contributed by atoms with Crippen LogP contribution in [0, 0.1) is 0 Å². The summed E-state index contributed by atoms with van der Waals surface area (Å²) in [6.45, 7) is 9.60. The summed E-state index contributed by atoms with van der Waals surface area (Å²) in [5, 5.41) is 0. The fourth-order valence-corrected chi connectivity index (χ4v) is 5.22. The van der Waals surface area contributed by atoms with Gasteiger partial charge in [-0.1, -0.05) is 119 Å². The van der Waals surface area contributed by atoms with Crippen molar-refractivity contribution in [2.24, 2.45) is 0 Å². The molecule has 0 heteroatoms. The van der Waals surface area contributed by atoms with Crippen LogP contribution in [0.15, 0.2) is 97.1 Å². The first-order valence-corrected chi connectivity index (χ1v) is 11.8. The molecular weight excluding hydrogens is 384 g/mol. The lowest BCUT2D eigenvalue weighted by Crippen LogP contribution is -2.33. The Morgan fingerprint density at radius 2 is 1.00 bits per heavy atom. The van der Waals surface area contributed by atoms with Crippen molar-refractivity contribution in [3.63, 3.8) is 0 Å². The van der Waals surface area contributed by atoms with Crippen LogP contribution in [-0.4, -0.2) is 0 Å². The molecule has 4 aromatic carbocycles. The maximum atomic E-state index is 2.48. The van der Waals surface area contributed by atoms with Crippen molar-refractivity contribution in [2.45, 2.75) is 51.4 Å². The van der Waals surface area contributed by atoms with Crippen molar-refractivity contribution in [3.8, 4) is 33.4 Å². The van der Waals surface area contributed by atoms with Gasteiger partial charge in [0.1, 0.15) is 0 Å². The molecule has 1 aliphatic carbocycles. The molecule has 0 heterocycles. The van der Waals surface area contributed by atoms with Gasteiger partial charge in [-0.25, -0.2) is 0 Å². The third-order valence-corrected chi connectivity index (χ3v) is 7.38. The lowest BCUT2D eigenvalue weighted by molar-refractivity contribution is 0.332. The first-order chi connectivity index (χ1) is 15.4. The molecule has 0 nitrogen and oxygen atoms in total. The highest BCUT2D eigenvalue weighted by Crippen LogP contribution is 2.47. The lowest BCUT2D eigenvalue weighted by Gasteiger charge is -2.42. The SMILES string of the molecule is CC1(C)CCC(C)(C)c2cc(-c3cc(-c4ccccc4)ccc3-c3ccccc3)ccc21. The molecule has 0 spiro atoms. The smallest absolute Gasteiger partial charge is 0.00991 e. The van der Waals surface area contributed by atoms with Gasteiger partial charge >= 0.3 is 0 Å². The first-order valence-electron chi connectivity index (χ1n) is 11.8. The van der Waals surface area contributed by atoms with E-state index in [2.05, 4.69) is 125 Å². The Kier molecular flexibility index (Phi) is 5.05. The Hall–Kier alpha value is -3.12. The van der Waals surface area contributed by atoms with E-state index in [1.165, 1.54) is 57.3 Å².